The van der Waals surface area contributed by atoms with Crippen LogP contribution in [-0.2, 0) is 0 Å². The molecule has 2 aromatic carbocycles. The van der Waals surface area contributed by atoms with Gasteiger partial charge in [0.1, 0.15) is 11.6 Å². The third kappa shape index (κ3) is 2.58. The second-order valence-electron chi connectivity index (χ2n) is 4.55. The zero-order valence-corrected chi connectivity index (χ0v) is 10.6. The van der Waals surface area contributed by atoms with Crippen molar-refractivity contribution in [2.75, 3.05) is 0 Å². The van der Waals surface area contributed by atoms with Gasteiger partial charge in [0.05, 0.1) is 0 Å². The number of halogens is 2. The largest absolute Gasteiger partial charge is 0.207 e. The van der Waals surface area contributed by atoms with Crippen LogP contribution in [0.1, 0.15) is 31.7 Å². The molecule has 0 spiro atoms. The molecule has 2 aromatic rings. The Morgan fingerprint density at radius 1 is 0.944 bits per heavy atom. The van der Waals surface area contributed by atoms with Crippen LogP contribution in [0.15, 0.2) is 42.5 Å². The van der Waals surface area contributed by atoms with Gasteiger partial charge in [-0.25, -0.2) is 8.78 Å². The first kappa shape index (κ1) is 12.7. The van der Waals surface area contributed by atoms with Crippen molar-refractivity contribution in [1.29, 1.82) is 0 Å². The van der Waals surface area contributed by atoms with E-state index in [1.807, 2.05) is 6.07 Å². The molecule has 18 heavy (non-hydrogen) atoms. The van der Waals surface area contributed by atoms with Gasteiger partial charge < -0.3 is 0 Å². The van der Waals surface area contributed by atoms with Gasteiger partial charge in [0.25, 0.3) is 0 Å². The molecule has 0 saturated heterocycles. The zero-order valence-electron chi connectivity index (χ0n) is 10.6. The number of hydrogen-bond acceptors (Lipinski definition) is 0. The van der Waals surface area contributed by atoms with Gasteiger partial charge in [-0.15, -0.1) is 0 Å². The van der Waals surface area contributed by atoms with Crippen molar-refractivity contribution < 1.29 is 8.78 Å². The molecule has 0 aromatic heterocycles. The second-order valence-corrected chi connectivity index (χ2v) is 4.55. The molecule has 2 rings (SSSR count). The first-order chi connectivity index (χ1) is 8.61. The number of benzene rings is 2. The van der Waals surface area contributed by atoms with E-state index in [-0.39, 0.29) is 11.6 Å². The Labute approximate surface area is 106 Å². The average Bonchev–Trinajstić information content (AvgIpc) is 2.38. The molecule has 1 unspecified atom stereocenters. The summed E-state index contributed by atoms with van der Waals surface area (Å²) in [5, 5.41) is 0. The molecule has 0 aliphatic rings. The summed E-state index contributed by atoms with van der Waals surface area (Å²) < 4.78 is 26.3. The first-order valence-corrected chi connectivity index (χ1v) is 6.17. The Balaban J connectivity index is 2.54. The summed E-state index contributed by atoms with van der Waals surface area (Å²) in [6, 6.07) is 11.0. The minimum Gasteiger partial charge on any atom is -0.207 e. The molecule has 0 bridgehead atoms. The van der Waals surface area contributed by atoms with Crippen molar-refractivity contribution in [1.82, 2.24) is 0 Å². The highest BCUT2D eigenvalue weighted by atomic mass is 19.1. The maximum Gasteiger partial charge on any atom is 0.123 e. The molecule has 0 N–H and O–H groups in total. The minimum absolute atomic E-state index is 0.263. The van der Waals surface area contributed by atoms with E-state index in [4.69, 9.17) is 0 Å². The van der Waals surface area contributed by atoms with Gasteiger partial charge in [0.2, 0.25) is 0 Å². The van der Waals surface area contributed by atoms with Crippen molar-refractivity contribution in [3.05, 3.63) is 59.7 Å². The van der Waals surface area contributed by atoms with E-state index in [2.05, 4.69) is 13.8 Å². The number of rotatable bonds is 3. The van der Waals surface area contributed by atoms with Crippen molar-refractivity contribution in [3.8, 4) is 11.1 Å². The Morgan fingerprint density at radius 3 is 2.17 bits per heavy atom. The minimum atomic E-state index is -0.278. The van der Waals surface area contributed by atoms with Crippen LogP contribution in [0.2, 0.25) is 0 Å². The van der Waals surface area contributed by atoms with E-state index >= 15 is 0 Å². The maximum atomic E-state index is 13.4. The second kappa shape index (κ2) is 5.30. The normalized spacial score (nSPS) is 12.4. The van der Waals surface area contributed by atoms with Crippen LogP contribution < -0.4 is 0 Å². The van der Waals surface area contributed by atoms with Crippen LogP contribution in [0.25, 0.3) is 11.1 Å². The van der Waals surface area contributed by atoms with Gasteiger partial charge >= 0.3 is 0 Å². The van der Waals surface area contributed by atoms with Crippen LogP contribution >= 0.6 is 0 Å². The molecule has 0 nitrogen and oxygen atoms in total. The van der Waals surface area contributed by atoms with Crippen LogP contribution in [0.3, 0.4) is 0 Å². The van der Waals surface area contributed by atoms with Crippen molar-refractivity contribution >= 4 is 0 Å². The van der Waals surface area contributed by atoms with E-state index in [9.17, 15) is 8.78 Å². The van der Waals surface area contributed by atoms with E-state index in [1.165, 1.54) is 24.3 Å². The molecule has 0 amide bonds. The van der Waals surface area contributed by atoms with Gasteiger partial charge in [-0.05, 0) is 53.3 Å². The molecule has 2 heteroatoms. The molecule has 0 aliphatic heterocycles. The smallest absolute Gasteiger partial charge is 0.123 e. The van der Waals surface area contributed by atoms with E-state index in [1.54, 1.807) is 12.1 Å². The summed E-state index contributed by atoms with van der Waals surface area (Å²) >= 11 is 0. The Kier molecular flexibility index (Phi) is 3.75. The van der Waals surface area contributed by atoms with E-state index < -0.39 is 0 Å². The summed E-state index contributed by atoms with van der Waals surface area (Å²) in [6.07, 6.45) is 0.986. The lowest BCUT2D eigenvalue weighted by atomic mass is 9.90. The van der Waals surface area contributed by atoms with Gasteiger partial charge in [0.15, 0.2) is 0 Å². The van der Waals surface area contributed by atoms with Crippen LogP contribution in [0.4, 0.5) is 8.78 Å². The molecule has 0 fully saturated rings. The fraction of sp³-hybridized carbons (Fsp3) is 0.250. The fourth-order valence-electron chi connectivity index (χ4n) is 2.06. The maximum absolute atomic E-state index is 13.4. The molecule has 0 aliphatic carbocycles. The van der Waals surface area contributed by atoms with E-state index in [0.717, 1.165) is 23.1 Å². The fourth-order valence-corrected chi connectivity index (χ4v) is 2.06. The molecule has 0 saturated carbocycles. The zero-order chi connectivity index (χ0) is 13.1. The Hall–Kier alpha value is -1.70. The van der Waals surface area contributed by atoms with Gasteiger partial charge in [-0.1, -0.05) is 32.0 Å². The Bertz CT molecular complexity index is 529. The van der Waals surface area contributed by atoms with Gasteiger partial charge in [-0.3, -0.25) is 0 Å². The van der Waals surface area contributed by atoms with Crippen molar-refractivity contribution in [3.63, 3.8) is 0 Å². The lowest BCUT2D eigenvalue weighted by Gasteiger charge is -2.15. The highest BCUT2D eigenvalue weighted by Gasteiger charge is 2.11. The monoisotopic (exact) mass is 246 g/mol. The predicted octanol–water partition coefficient (Wildman–Crippen LogP) is 5.15. The lowest BCUT2D eigenvalue weighted by Crippen LogP contribution is -1.96. The molecule has 0 heterocycles. The van der Waals surface area contributed by atoms with Crippen LogP contribution in [-0.4, -0.2) is 0 Å². The van der Waals surface area contributed by atoms with Crippen molar-refractivity contribution in [2.24, 2.45) is 0 Å². The third-order valence-electron chi connectivity index (χ3n) is 3.31. The number of hydrogen-bond donors (Lipinski definition) is 0. The summed E-state index contributed by atoms with van der Waals surface area (Å²) in [5.74, 6) is -0.188. The third-order valence-corrected chi connectivity index (χ3v) is 3.31. The van der Waals surface area contributed by atoms with Gasteiger partial charge in [0, 0.05) is 0 Å². The van der Waals surface area contributed by atoms with Crippen LogP contribution in [0, 0.1) is 11.6 Å². The topological polar surface area (TPSA) is 0 Å². The molecular weight excluding hydrogens is 230 g/mol. The highest BCUT2D eigenvalue weighted by Crippen LogP contribution is 2.31. The quantitative estimate of drug-likeness (QED) is 0.703. The van der Waals surface area contributed by atoms with Gasteiger partial charge in [-0.2, -0.15) is 0 Å². The Morgan fingerprint density at radius 2 is 1.56 bits per heavy atom. The summed E-state index contributed by atoms with van der Waals surface area (Å²) in [6.45, 7) is 4.21. The summed E-state index contributed by atoms with van der Waals surface area (Å²) in [5.41, 5.74) is 2.81. The van der Waals surface area contributed by atoms with E-state index in [0.29, 0.717) is 5.92 Å². The average molecular weight is 246 g/mol. The SMILES string of the molecule is CCC(C)c1ccc(F)cc1-c1ccc(F)cc1. The summed E-state index contributed by atoms with van der Waals surface area (Å²) in [7, 11) is 0. The lowest BCUT2D eigenvalue weighted by molar-refractivity contribution is 0.625. The summed E-state index contributed by atoms with van der Waals surface area (Å²) in [4.78, 5) is 0. The molecular formula is C16H16F2. The molecule has 0 radical (unpaired) electrons. The highest BCUT2D eigenvalue weighted by molar-refractivity contribution is 5.68. The van der Waals surface area contributed by atoms with Crippen LogP contribution in [0.5, 0.6) is 0 Å². The standard InChI is InChI=1S/C16H16F2/c1-3-11(2)15-9-8-14(18)10-16(15)12-4-6-13(17)7-5-12/h4-11H,3H2,1-2H3. The molecule has 1 atom stereocenters. The predicted molar refractivity (Wildman–Crippen MR) is 70.5 cm³/mol. The first-order valence-electron chi connectivity index (χ1n) is 6.17. The molecule has 94 valence electrons. The van der Waals surface area contributed by atoms with Crippen molar-refractivity contribution in [2.45, 2.75) is 26.2 Å².